The number of nitrogens with two attached hydrogens (primary N) is 1. The SMILES string of the molecule is CCCC(N)c1ccn(Cc2cccc(OC)c2F)c1. The molecule has 0 spiro atoms. The van der Waals surface area contributed by atoms with Gasteiger partial charge in [-0.15, -0.1) is 0 Å². The lowest BCUT2D eigenvalue weighted by Gasteiger charge is -2.09. The van der Waals surface area contributed by atoms with Crippen molar-refractivity contribution in [3.8, 4) is 5.75 Å². The van der Waals surface area contributed by atoms with Gasteiger partial charge in [-0.25, -0.2) is 4.39 Å². The minimum Gasteiger partial charge on any atom is -0.494 e. The minimum atomic E-state index is -0.303. The van der Waals surface area contributed by atoms with Crippen LogP contribution in [-0.2, 0) is 6.54 Å². The van der Waals surface area contributed by atoms with Gasteiger partial charge in [0.2, 0.25) is 0 Å². The van der Waals surface area contributed by atoms with Gasteiger partial charge in [0.15, 0.2) is 11.6 Å². The summed E-state index contributed by atoms with van der Waals surface area (Å²) in [4.78, 5) is 0. The number of aromatic nitrogens is 1. The van der Waals surface area contributed by atoms with Gasteiger partial charge in [0.05, 0.1) is 13.7 Å². The van der Waals surface area contributed by atoms with Gasteiger partial charge in [-0.2, -0.15) is 0 Å². The average molecular weight is 276 g/mol. The topological polar surface area (TPSA) is 40.2 Å². The largest absolute Gasteiger partial charge is 0.494 e. The first-order valence-corrected chi connectivity index (χ1v) is 6.88. The normalized spacial score (nSPS) is 12.4. The fraction of sp³-hybridized carbons (Fsp3) is 0.375. The molecule has 0 radical (unpaired) electrons. The van der Waals surface area contributed by atoms with Crippen LogP contribution in [0.1, 0.15) is 36.9 Å². The zero-order chi connectivity index (χ0) is 14.5. The molecule has 0 amide bonds. The van der Waals surface area contributed by atoms with Crippen LogP contribution >= 0.6 is 0 Å². The van der Waals surface area contributed by atoms with E-state index in [-0.39, 0.29) is 17.6 Å². The van der Waals surface area contributed by atoms with Gasteiger partial charge in [0, 0.05) is 24.0 Å². The maximum Gasteiger partial charge on any atom is 0.170 e. The smallest absolute Gasteiger partial charge is 0.170 e. The summed E-state index contributed by atoms with van der Waals surface area (Å²) in [7, 11) is 1.47. The molecule has 2 rings (SSSR count). The van der Waals surface area contributed by atoms with Crippen LogP contribution in [0.15, 0.2) is 36.7 Å². The summed E-state index contributed by atoms with van der Waals surface area (Å²) < 4.78 is 21.0. The van der Waals surface area contributed by atoms with Crippen molar-refractivity contribution in [2.24, 2.45) is 5.73 Å². The molecule has 1 unspecified atom stereocenters. The van der Waals surface area contributed by atoms with Crippen molar-refractivity contribution in [2.45, 2.75) is 32.4 Å². The van der Waals surface area contributed by atoms with E-state index in [2.05, 4.69) is 6.92 Å². The lowest BCUT2D eigenvalue weighted by atomic mass is 10.1. The zero-order valence-corrected chi connectivity index (χ0v) is 12.0. The van der Waals surface area contributed by atoms with Crippen molar-refractivity contribution >= 4 is 0 Å². The van der Waals surface area contributed by atoms with E-state index in [1.165, 1.54) is 7.11 Å². The summed E-state index contributed by atoms with van der Waals surface area (Å²) in [6.07, 6.45) is 5.93. The van der Waals surface area contributed by atoms with E-state index in [9.17, 15) is 4.39 Å². The molecular weight excluding hydrogens is 255 g/mol. The third kappa shape index (κ3) is 3.20. The van der Waals surface area contributed by atoms with Gasteiger partial charge >= 0.3 is 0 Å². The molecule has 0 saturated carbocycles. The van der Waals surface area contributed by atoms with Crippen molar-refractivity contribution in [3.05, 3.63) is 53.6 Å². The van der Waals surface area contributed by atoms with Crippen LogP contribution in [0.3, 0.4) is 0 Å². The molecule has 108 valence electrons. The van der Waals surface area contributed by atoms with Gasteiger partial charge < -0.3 is 15.0 Å². The lowest BCUT2D eigenvalue weighted by molar-refractivity contribution is 0.383. The number of benzene rings is 1. The molecule has 0 bridgehead atoms. The first-order valence-electron chi connectivity index (χ1n) is 6.88. The second kappa shape index (κ2) is 6.57. The molecule has 0 saturated heterocycles. The summed E-state index contributed by atoms with van der Waals surface area (Å²) in [6.45, 7) is 2.59. The summed E-state index contributed by atoms with van der Waals surface area (Å²) in [5.74, 6) is -0.0272. The van der Waals surface area contributed by atoms with Crippen molar-refractivity contribution < 1.29 is 9.13 Å². The summed E-state index contributed by atoms with van der Waals surface area (Å²) >= 11 is 0. The molecular formula is C16H21FN2O. The number of methoxy groups -OCH3 is 1. The van der Waals surface area contributed by atoms with Gasteiger partial charge in [0.25, 0.3) is 0 Å². The molecule has 0 fully saturated rings. The monoisotopic (exact) mass is 276 g/mol. The van der Waals surface area contributed by atoms with Crippen molar-refractivity contribution in [1.29, 1.82) is 0 Å². The summed E-state index contributed by atoms with van der Waals surface area (Å²) in [6, 6.07) is 7.24. The second-order valence-corrected chi connectivity index (χ2v) is 4.95. The third-order valence-corrected chi connectivity index (χ3v) is 3.42. The Labute approximate surface area is 119 Å². The van der Waals surface area contributed by atoms with E-state index in [4.69, 9.17) is 10.5 Å². The highest BCUT2D eigenvalue weighted by atomic mass is 19.1. The number of ether oxygens (including phenoxy) is 1. The molecule has 3 nitrogen and oxygen atoms in total. The standard InChI is InChI=1S/C16H21FN2O/c1-3-5-14(18)12-8-9-19(10-12)11-13-6-4-7-15(20-2)16(13)17/h4,6-10,14H,3,5,11,18H2,1-2H3. The zero-order valence-electron chi connectivity index (χ0n) is 12.0. The molecule has 1 heterocycles. The Morgan fingerprint density at radius 1 is 1.35 bits per heavy atom. The van der Waals surface area contributed by atoms with E-state index in [1.807, 2.05) is 23.0 Å². The predicted molar refractivity (Wildman–Crippen MR) is 78.3 cm³/mol. The number of rotatable bonds is 6. The van der Waals surface area contributed by atoms with Crippen LogP contribution < -0.4 is 10.5 Å². The molecule has 1 aromatic heterocycles. The molecule has 0 aliphatic carbocycles. The van der Waals surface area contributed by atoms with E-state index in [0.717, 1.165) is 18.4 Å². The number of nitrogens with zero attached hydrogens (tertiary/aromatic N) is 1. The maximum absolute atomic E-state index is 14.1. The van der Waals surface area contributed by atoms with Crippen LogP contribution in [0.4, 0.5) is 4.39 Å². The predicted octanol–water partition coefficient (Wildman–Crippen LogP) is 3.48. The Hall–Kier alpha value is -1.81. The van der Waals surface area contributed by atoms with Crippen LogP contribution in [-0.4, -0.2) is 11.7 Å². The van der Waals surface area contributed by atoms with E-state index < -0.39 is 0 Å². The molecule has 1 aromatic carbocycles. The Balaban J connectivity index is 2.15. The fourth-order valence-electron chi connectivity index (χ4n) is 2.29. The quantitative estimate of drug-likeness (QED) is 0.877. The highest BCUT2D eigenvalue weighted by molar-refractivity contribution is 5.31. The fourth-order valence-corrected chi connectivity index (χ4v) is 2.29. The maximum atomic E-state index is 14.1. The minimum absolute atomic E-state index is 0.0522. The number of hydrogen-bond donors (Lipinski definition) is 1. The molecule has 1 atom stereocenters. The van der Waals surface area contributed by atoms with Crippen LogP contribution in [0.25, 0.3) is 0 Å². The van der Waals surface area contributed by atoms with Crippen molar-refractivity contribution in [2.75, 3.05) is 7.11 Å². The first kappa shape index (κ1) is 14.6. The van der Waals surface area contributed by atoms with Gasteiger partial charge in [-0.1, -0.05) is 25.5 Å². The van der Waals surface area contributed by atoms with Gasteiger partial charge in [-0.05, 0) is 24.1 Å². The summed E-state index contributed by atoms with van der Waals surface area (Å²) in [5, 5.41) is 0. The Morgan fingerprint density at radius 2 is 2.15 bits per heavy atom. The Bertz CT molecular complexity index is 565. The Morgan fingerprint density at radius 3 is 2.85 bits per heavy atom. The summed E-state index contributed by atoms with van der Waals surface area (Å²) in [5.41, 5.74) is 7.78. The second-order valence-electron chi connectivity index (χ2n) is 4.95. The molecule has 2 aromatic rings. The van der Waals surface area contributed by atoms with Gasteiger partial charge in [0.1, 0.15) is 0 Å². The van der Waals surface area contributed by atoms with E-state index in [1.54, 1.807) is 18.2 Å². The van der Waals surface area contributed by atoms with E-state index >= 15 is 0 Å². The molecule has 2 N–H and O–H groups in total. The van der Waals surface area contributed by atoms with Crippen LogP contribution in [0, 0.1) is 5.82 Å². The Kier molecular flexibility index (Phi) is 4.79. The molecule has 20 heavy (non-hydrogen) atoms. The third-order valence-electron chi connectivity index (χ3n) is 3.42. The average Bonchev–Trinajstić information content (AvgIpc) is 2.90. The van der Waals surface area contributed by atoms with E-state index in [0.29, 0.717) is 12.1 Å². The first-order chi connectivity index (χ1) is 9.65. The number of halogens is 1. The highest BCUT2D eigenvalue weighted by Crippen LogP contribution is 2.22. The highest BCUT2D eigenvalue weighted by Gasteiger charge is 2.10. The van der Waals surface area contributed by atoms with Crippen LogP contribution in [0.5, 0.6) is 5.75 Å². The molecule has 0 aliphatic rings. The van der Waals surface area contributed by atoms with Crippen molar-refractivity contribution in [3.63, 3.8) is 0 Å². The van der Waals surface area contributed by atoms with Crippen LogP contribution in [0.2, 0.25) is 0 Å². The number of hydrogen-bond acceptors (Lipinski definition) is 2. The van der Waals surface area contributed by atoms with Crippen molar-refractivity contribution in [1.82, 2.24) is 4.57 Å². The molecule has 0 aliphatic heterocycles. The van der Waals surface area contributed by atoms with Gasteiger partial charge in [-0.3, -0.25) is 0 Å². The molecule has 4 heteroatoms. The lowest BCUT2D eigenvalue weighted by Crippen LogP contribution is -2.09.